The minimum absolute atomic E-state index is 0.0541. The second-order valence-electron chi connectivity index (χ2n) is 9.25. The molecule has 2 aromatic heterocycles. The number of nitrogens with one attached hydrogen (secondary N) is 1. The number of amides is 4. The van der Waals surface area contributed by atoms with Gasteiger partial charge in [0.1, 0.15) is 11.3 Å². The first kappa shape index (κ1) is 22.3. The van der Waals surface area contributed by atoms with E-state index in [9.17, 15) is 14.4 Å². The number of aromatic nitrogens is 1. The van der Waals surface area contributed by atoms with E-state index in [4.69, 9.17) is 4.42 Å². The largest absolute Gasteiger partial charge is 0.467 e. The highest BCUT2D eigenvalue weighted by Gasteiger charge is 2.36. The van der Waals surface area contributed by atoms with E-state index in [1.54, 1.807) is 18.2 Å². The molecule has 1 fully saturated rings. The molecule has 0 aliphatic carbocycles. The topological polar surface area (TPSA) is 84.6 Å². The highest BCUT2D eigenvalue weighted by atomic mass is 16.3. The lowest BCUT2D eigenvalue weighted by molar-refractivity contribution is -0.130. The molecule has 0 unspecified atom stereocenters. The van der Waals surface area contributed by atoms with Gasteiger partial charge < -0.3 is 8.98 Å². The van der Waals surface area contributed by atoms with Gasteiger partial charge >= 0.3 is 6.03 Å². The predicted molar refractivity (Wildman–Crippen MR) is 125 cm³/mol. The molecule has 1 aliphatic heterocycles. The number of aryl methyl sites for hydroxylation is 1. The number of rotatable bonds is 4. The Morgan fingerprint density at radius 1 is 1.03 bits per heavy atom. The number of nitrogens with zero attached hydrogens (tertiary/aromatic N) is 2. The van der Waals surface area contributed by atoms with Gasteiger partial charge in [0, 0.05) is 17.1 Å². The number of barbiturate groups is 1. The van der Waals surface area contributed by atoms with E-state index >= 15 is 0 Å². The van der Waals surface area contributed by atoms with Gasteiger partial charge in [-0.3, -0.25) is 19.8 Å². The second kappa shape index (κ2) is 8.24. The molecule has 0 spiro atoms. The van der Waals surface area contributed by atoms with Gasteiger partial charge in [-0.25, -0.2) is 4.79 Å². The Morgan fingerprint density at radius 3 is 2.33 bits per heavy atom. The van der Waals surface area contributed by atoms with E-state index in [2.05, 4.69) is 54.9 Å². The first-order chi connectivity index (χ1) is 15.6. The average molecular weight is 446 g/mol. The molecule has 1 aliphatic rings. The number of imide groups is 2. The highest BCUT2D eigenvalue weighted by molar-refractivity contribution is 6.31. The lowest BCUT2D eigenvalue weighted by Gasteiger charge is -2.25. The van der Waals surface area contributed by atoms with Crippen LogP contribution < -0.4 is 5.32 Å². The summed E-state index contributed by atoms with van der Waals surface area (Å²) in [7, 11) is 0. The van der Waals surface area contributed by atoms with Gasteiger partial charge in [-0.1, -0.05) is 32.9 Å². The number of hydrogen-bond acceptors (Lipinski definition) is 4. The molecule has 4 rings (SSSR count). The summed E-state index contributed by atoms with van der Waals surface area (Å²) < 4.78 is 7.33. The van der Waals surface area contributed by atoms with Crippen molar-refractivity contribution in [2.24, 2.45) is 0 Å². The third kappa shape index (κ3) is 4.26. The van der Waals surface area contributed by atoms with Gasteiger partial charge in [-0.05, 0) is 66.8 Å². The summed E-state index contributed by atoms with van der Waals surface area (Å²) in [6.07, 6.45) is 3.01. The van der Waals surface area contributed by atoms with E-state index in [1.165, 1.54) is 11.8 Å². The van der Waals surface area contributed by atoms with Crippen LogP contribution in [0.3, 0.4) is 0 Å². The maximum Gasteiger partial charge on any atom is 0.331 e. The van der Waals surface area contributed by atoms with Crippen molar-refractivity contribution in [2.45, 2.75) is 46.6 Å². The fourth-order valence-electron chi connectivity index (χ4n) is 3.99. The van der Waals surface area contributed by atoms with Crippen LogP contribution in [-0.2, 0) is 21.5 Å². The summed E-state index contributed by atoms with van der Waals surface area (Å²) in [6.45, 7) is 10.4. The van der Waals surface area contributed by atoms with Crippen molar-refractivity contribution in [3.8, 4) is 5.69 Å². The molecular formula is C26H27N3O4. The number of hydrogen-bond donors (Lipinski definition) is 1. The zero-order valence-electron chi connectivity index (χ0n) is 19.4. The maximum atomic E-state index is 13.0. The van der Waals surface area contributed by atoms with Crippen LogP contribution >= 0.6 is 0 Å². The third-order valence-electron chi connectivity index (χ3n) is 5.84. The molecule has 7 heteroatoms. The van der Waals surface area contributed by atoms with Crippen molar-refractivity contribution < 1.29 is 18.8 Å². The number of carbonyl (C=O) groups is 3. The smallest absolute Gasteiger partial charge is 0.331 e. The summed E-state index contributed by atoms with van der Waals surface area (Å²) in [6, 6.07) is 12.9. The van der Waals surface area contributed by atoms with Crippen LogP contribution in [0.15, 0.2) is 58.7 Å². The van der Waals surface area contributed by atoms with Gasteiger partial charge in [0.15, 0.2) is 0 Å². The molecule has 170 valence electrons. The Balaban J connectivity index is 1.68. The van der Waals surface area contributed by atoms with Gasteiger partial charge in [0.05, 0.1) is 12.8 Å². The molecule has 33 heavy (non-hydrogen) atoms. The molecule has 0 radical (unpaired) electrons. The Kier molecular flexibility index (Phi) is 5.57. The Morgan fingerprint density at radius 2 is 1.73 bits per heavy atom. The Bertz CT molecular complexity index is 1260. The van der Waals surface area contributed by atoms with Crippen molar-refractivity contribution in [2.75, 3.05) is 0 Å². The molecule has 1 aromatic carbocycles. The van der Waals surface area contributed by atoms with Crippen LogP contribution in [-0.4, -0.2) is 27.3 Å². The van der Waals surface area contributed by atoms with Crippen molar-refractivity contribution in [1.82, 2.24) is 14.8 Å². The molecule has 1 saturated heterocycles. The molecule has 3 aromatic rings. The van der Waals surface area contributed by atoms with Crippen LogP contribution in [0.25, 0.3) is 11.8 Å². The van der Waals surface area contributed by atoms with Gasteiger partial charge in [-0.2, -0.15) is 0 Å². The first-order valence-corrected chi connectivity index (χ1v) is 10.8. The molecule has 0 atom stereocenters. The van der Waals surface area contributed by atoms with Crippen molar-refractivity contribution >= 4 is 23.9 Å². The zero-order chi connectivity index (χ0) is 23.9. The fourth-order valence-corrected chi connectivity index (χ4v) is 3.99. The summed E-state index contributed by atoms with van der Waals surface area (Å²) in [5, 5.41) is 2.25. The van der Waals surface area contributed by atoms with Gasteiger partial charge in [0.2, 0.25) is 0 Å². The zero-order valence-corrected chi connectivity index (χ0v) is 19.4. The van der Waals surface area contributed by atoms with Gasteiger partial charge in [0.25, 0.3) is 11.8 Å². The van der Waals surface area contributed by atoms with Crippen LogP contribution in [0.2, 0.25) is 0 Å². The minimum Gasteiger partial charge on any atom is -0.467 e. The second-order valence-corrected chi connectivity index (χ2v) is 9.25. The summed E-state index contributed by atoms with van der Waals surface area (Å²) >= 11 is 0. The van der Waals surface area contributed by atoms with E-state index < -0.39 is 17.8 Å². The minimum atomic E-state index is -0.761. The molecular weight excluding hydrogens is 418 g/mol. The summed E-state index contributed by atoms with van der Waals surface area (Å²) in [5.41, 5.74) is 4.79. The van der Waals surface area contributed by atoms with E-state index in [-0.39, 0.29) is 17.5 Å². The third-order valence-corrected chi connectivity index (χ3v) is 5.84. The Labute approximate surface area is 192 Å². The number of benzene rings is 1. The maximum absolute atomic E-state index is 13.0. The van der Waals surface area contributed by atoms with Gasteiger partial charge in [-0.15, -0.1) is 0 Å². The van der Waals surface area contributed by atoms with E-state index in [0.29, 0.717) is 5.76 Å². The Hall–Kier alpha value is -3.87. The standard InChI is InChI=1S/C26H27N3O4/c1-16-13-18(17(2)29(16)20-10-8-19(9-11-20)26(3,4)5)14-22-23(30)27-25(32)28(24(22)31)15-21-7-6-12-33-21/h6-14H,15H2,1-5H3,(H,27,30,32). The molecule has 0 bridgehead atoms. The molecule has 4 amide bonds. The number of furan rings is 1. The summed E-state index contributed by atoms with van der Waals surface area (Å²) in [5.74, 6) is -0.913. The predicted octanol–water partition coefficient (Wildman–Crippen LogP) is 4.65. The number of carbonyl (C=O) groups excluding carboxylic acids is 3. The lowest BCUT2D eigenvalue weighted by atomic mass is 9.87. The summed E-state index contributed by atoms with van der Waals surface area (Å²) in [4.78, 5) is 38.7. The van der Waals surface area contributed by atoms with Crippen molar-refractivity contribution in [3.63, 3.8) is 0 Å². The number of urea groups is 1. The first-order valence-electron chi connectivity index (χ1n) is 10.8. The quantitative estimate of drug-likeness (QED) is 0.468. The molecule has 0 saturated carbocycles. The monoisotopic (exact) mass is 445 g/mol. The SMILES string of the molecule is Cc1cc(C=C2C(=O)NC(=O)N(Cc3ccco3)C2=O)c(C)n1-c1ccc(C(C)(C)C)cc1. The van der Waals surface area contributed by atoms with E-state index in [0.717, 1.165) is 27.5 Å². The highest BCUT2D eigenvalue weighted by Crippen LogP contribution is 2.27. The normalized spacial score (nSPS) is 16.0. The van der Waals surface area contributed by atoms with Crippen LogP contribution in [0.5, 0.6) is 0 Å². The fraction of sp³-hybridized carbons (Fsp3) is 0.269. The van der Waals surface area contributed by atoms with Crippen molar-refractivity contribution in [1.29, 1.82) is 0 Å². The van der Waals surface area contributed by atoms with Crippen LogP contribution in [0.4, 0.5) is 4.79 Å². The molecule has 3 heterocycles. The molecule has 1 N–H and O–H groups in total. The van der Waals surface area contributed by atoms with Crippen molar-refractivity contribution in [3.05, 3.63) is 82.6 Å². The van der Waals surface area contributed by atoms with Crippen LogP contribution in [0, 0.1) is 13.8 Å². The van der Waals surface area contributed by atoms with Crippen LogP contribution in [0.1, 0.15) is 49.0 Å². The average Bonchev–Trinajstić information content (AvgIpc) is 3.35. The lowest BCUT2D eigenvalue weighted by Crippen LogP contribution is -2.53. The molecule has 7 nitrogen and oxygen atoms in total. The van der Waals surface area contributed by atoms with E-state index in [1.807, 2.05) is 19.9 Å².